The second-order valence-corrected chi connectivity index (χ2v) is 6.76. The first kappa shape index (κ1) is 19.9. The minimum Gasteiger partial charge on any atom is -0.396 e. The summed E-state index contributed by atoms with van der Waals surface area (Å²) in [4.78, 5) is 0. The molecule has 2 rings (SSSR count). The van der Waals surface area contributed by atoms with Crippen molar-refractivity contribution in [1.29, 1.82) is 0 Å². The van der Waals surface area contributed by atoms with E-state index in [1.807, 2.05) is 0 Å². The van der Waals surface area contributed by atoms with Gasteiger partial charge in [-0.25, -0.2) is 0 Å². The van der Waals surface area contributed by atoms with Gasteiger partial charge in [-0.3, -0.25) is 0 Å². The van der Waals surface area contributed by atoms with Gasteiger partial charge >= 0.3 is 0 Å². The zero-order valence-electron chi connectivity index (χ0n) is 13.0. The minimum absolute atomic E-state index is 0.0499. The van der Waals surface area contributed by atoms with Crippen LogP contribution in [0.25, 0.3) is 0 Å². The molecule has 0 bridgehead atoms. The van der Waals surface area contributed by atoms with E-state index in [9.17, 15) is 46.0 Å². The summed E-state index contributed by atoms with van der Waals surface area (Å²) in [6.45, 7) is -1.06. The normalized spacial score (nSPS) is 53.1. The molecule has 10 N–H and O–H groups in total. The van der Waals surface area contributed by atoms with Crippen LogP contribution in [0.2, 0.25) is 0 Å². The lowest BCUT2D eigenvalue weighted by molar-refractivity contribution is -0.182. The monoisotopic (exact) mass is 353 g/mol. The van der Waals surface area contributed by atoms with Crippen molar-refractivity contribution in [3.8, 4) is 0 Å². The van der Waals surface area contributed by atoms with Crippen LogP contribution in [0.1, 0.15) is 6.42 Å². The third-order valence-electron chi connectivity index (χ3n) is 5.32. The molecular formula is C14H27NO9. The highest BCUT2D eigenvalue weighted by Crippen LogP contribution is 2.30. The van der Waals surface area contributed by atoms with E-state index >= 15 is 0 Å². The lowest BCUT2D eigenvalue weighted by Crippen LogP contribution is -2.70. The van der Waals surface area contributed by atoms with Crippen LogP contribution in [-0.4, -0.2) is 114 Å². The maximum Gasteiger partial charge on any atom is 0.108 e. The van der Waals surface area contributed by atoms with Gasteiger partial charge in [0.2, 0.25) is 0 Å². The zero-order valence-corrected chi connectivity index (χ0v) is 13.0. The Morgan fingerprint density at radius 2 is 1.21 bits per heavy atom. The first-order chi connectivity index (χ1) is 11.2. The largest absolute Gasteiger partial charge is 0.396 e. The highest BCUT2D eigenvalue weighted by Gasteiger charge is 2.51. The fourth-order valence-corrected chi connectivity index (χ4v) is 3.67. The Labute approximate surface area is 138 Å². The van der Waals surface area contributed by atoms with E-state index in [0.717, 1.165) is 0 Å². The quantitative estimate of drug-likeness (QED) is 0.233. The molecule has 0 amide bonds. The molecule has 11 atom stereocenters. The van der Waals surface area contributed by atoms with Crippen molar-refractivity contribution >= 4 is 0 Å². The van der Waals surface area contributed by atoms with Crippen LogP contribution in [-0.2, 0) is 0 Å². The van der Waals surface area contributed by atoms with Crippen LogP contribution in [0.5, 0.6) is 0 Å². The van der Waals surface area contributed by atoms with E-state index in [1.165, 1.54) is 0 Å². The molecule has 2 fully saturated rings. The van der Waals surface area contributed by atoms with Crippen molar-refractivity contribution in [2.45, 2.75) is 61.2 Å². The van der Waals surface area contributed by atoms with Gasteiger partial charge in [-0.1, -0.05) is 0 Å². The third kappa shape index (κ3) is 3.44. The van der Waals surface area contributed by atoms with Crippen molar-refractivity contribution in [3.05, 3.63) is 0 Å². The van der Waals surface area contributed by atoms with Crippen LogP contribution in [0, 0.1) is 11.8 Å². The molecule has 10 nitrogen and oxygen atoms in total. The van der Waals surface area contributed by atoms with Crippen LogP contribution in [0.3, 0.4) is 0 Å². The molecule has 11 unspecified atom stereocenters. The molecule has 0 aliphatic heterocycles. The molecule has 0 spiro atoms. The van der Waals surface area contributed by atoms with E-state index in [0.29, 0.717) is 0 Å². The van der Waals surface area contributed by atoms with Crippen molar-refractivity contribution in [3.63, 3.8) is 0 Å². The van der Waals surface area contributed by atoms with Gasteiger partial charge in [-0.2, -0.15) is 0 Å². The van der Waals surface area contributed by atoms with E-state index in [-0.39, 0.29) is 6.42 Å². The van der Waals surface area contributed by atoms with E-state index < -0.39 is 79.9 Å². The van der Waals surface area contributed by atoms with Crippen molar-refractivity contribution in [2.75, 3.05) is 13.2 Å². The minimum atomic E-state index is -1.62. The Morgan fingerprint density at radius 1 is 0.625 bits per heavy atom. The maximum atomic E-state index is 10.2. The molecule has 0 radical (unpaired) electrons. The lowest BCUT2D eigenvalue weighted by atomic mass is 9.75. The molecule has 0 heterocycles. The van der Waals surface area contributed by atoms with E-state index in [2.05, 4.69) is 5.32 Å². The van der Waals surface area contributed by atoms with Gasteiger partial charge in [-0.05, 0) is 6.42 Å². The first-order valence-electron chi connectivity index (χ1n) is 7.98. The molecule has 0 aromatic rings. The smallest absolute Gasteiger partial charge is 0.108 e. The number of aliphatic hydroxyl groups excluding tert-OH is 9. The van der Waals surface area contributed by atoms with Gasteiger partial charge in [0.05, 0.1) is 37.1 Å². The highest BCUT2D eigenvalue weighted by molar-refractivity contribution is 5.05. The van der Waals surface area contributed by atoms with Crippen LogP contribution in [0.15, 0.2) is 0 Å². The first-order valence-corrected chi connectivity index (χ1v) is 7.98. The van der Waals surface area contributed by atoms with E-state index in [4.69, 9.17) is 0 Å². The average Bonchev–Trinajstić information content (AvgIpc) is 2.57. The average molecular weight is 353 g/mol. The second-order valence-electron chi connectivity index (χ2n) is 6.76. The fourth-order valence-electron chi connectivity index (χ4n) is 3.67. The Balaban J connectivity index is 2.15. The van der Waals surface area contributed by atoms with E-state index in [1.54, 1.807) is 0 Å². The fraction of sp³-hybridized carbons (Fsp3) is 1.00. The van der Waals surface area contributed by atoms with Crippen molar-refractivity contribution in [2.24, 2.45) is 11.8 Å². The summed E-state index contributed by atoms with van der Waals surface area (Å²) < 4.78 is 0. The van der Waals surface area contributed by atoms with Crippen LogP contribution in [0.4, 0.5) is 0 Å². The molecule has 10 heteroatoms. The second kappa shape index (κ2) is 7.87. The summed E-state index contributed by atoms with van der Waals surface area (Å²) in [6.07, 6.45) is -10.4. The van der Waals surface area contributed by atoms with Crippen LogP contribution < -0.4 is 5.32 Å². The summed E-state index contributed by atoms with van der Waals surface area (Å²) in [6, 6.07) is -2.08. The summed E-state index contributed by atoms with van der Waals surface area (Å²) in [5.74, 6) is -1.83. The number of rotatable bonds is 4. The van der Waals surface area contributed by atoms with Gasteiger partial charge < -0.3 is 51.3 Å². The Kier molecular flexibility index (Phi) is 6.53. The molecule has 142 valence electrons. The molecule has 2 aliphatic carbocycles. The van der Waals surface area contributed by atoms with Gasteiger partial charge in [0.1, 0.15) is 18.3 Å². The summed E-state index contributed by atoms with van der Waals surface area (Å²) in [7, 11) is 0. The number of aliphatic hydroxyl groups is 9. The Morgan fingerprint density at radius 3 is 1.75 bits per heavy atom. The molecule has 0 saturated heterocycles. The van der Waals surface area contributed by atoms with Gasteiger partial charge in [0.15, 0.2) is 0 Å². The Hall–Kier alpha value is -0.400. The number of nitrogens with one attached hydrogen (secondary N) is 1. The van der Waals surface area contributed by atoms with Gasteiger partial charge in [-0.15, -0.1) is 0 Å². The molecule has 0 aromatic heterocycles. The third-order valence-corrected chi connectivity index (χ3v) is 5.32. The zero-order chi connectivity index (χ0) is 18.2. The molecule has 2 saturated carbocycles. The van der Waals surface area contributed by atoms with Crippen molar-refractivity contribution in [1.82, 2.24) is 5.32 Å². The summed E-state index contributed by atoms with van der Waals surface area (Å²) >= 11 is 0. The molecular weight excluding hydrogens is 326 g/mol. The summed E-state index contributed by atoms with van der Waals surface area (Å²) in [5, 5.41) is 91.0. The predicted octanol–water partition coefficient (Wildman–Crippen LogP) is -5.53. The number of hydrogen-bond donors (Lipinski definition) is 10. The standard InChI is InChI=1S/C14H27NO9/c16-2-4-1-6(11(21)13(23)8(4)18)15-7-9(19)5(3-17)10(20)14(24)12(7)22/h4-24H,1-3H2. The molecule has 24 heavy (non-hydrogen) atoms. The highest BCUT2D eigenvalue weighted by atomic mass is 16.4. The molecule has 2 aliphatic rings. The summed E-state index contributed by atoms with van der Waals surface area (Å²) in [5.41, 5.74) is 0. The molecule has 0 aromatic carbocycles. The van der Waals surface area contributed by atoms with Crippen molar-refractivity contribution < 1.29 is 46.0 Å². The maximum absolute atomic E-state index is 10.2. The van der Waals surface area contributed by atoms with Gasteiger partial charge in [0, 0.05) is 24.5 Å². The number of hydrogen-bond acceptors (Lipinski definition) is 10. The topological polar surface area (TPSA) is 194 Å². The SMILES string of the molecule is OCC1CC(NC2C(O)C(O)C(O)C(CO)C2O)C(O)C(O)C1O. The van der Waals surface area contributed by atoms with Gasteiger partial charge in [0.25, 0.3) is 0 Å². The van der Waals surface area contributed by atoms with Crippen LogP contribution >= 0.6 is 0 Å². The predicted molar refractivity (Wildman–Crippen MR) is 78.5 cm³/mol. The lowest BCUT2D eigenvalue weighted by Gasteiger charge is -2.47. The Bertz CT molecular complexity index is 412.